The topological polar surface area (TPSA) is 42.2 Å². The van der Waals surface area contributed by atoms with Crippen LogP contribution in [0.25, 0.3) is 10.9 Å². The Bertz CT molecular complexity index is 880. The van der Waals surface area contributed by atoms with Crippen LogP contribution in [0.1, 0.15) is 16.7 Å². The van der Waals surface area contributed by atoms with Crippen LogP contribution in [-0.4, -0.2) is 22.0 Å². The van der Waals surface area contributed by atoms with Gasteiger partial charge in [0.2, 0.25) is 0 Å². The molecule has 2 aromatic rings. The highest BCUT2D eigenvalue weighted by atomic mass is 19.4. The third-order valence-corrected chi connectivity index (χ3v) is 4.33. The molecule has 1 aromatic carbocycles. The molecule has 0 saturated carbocycles. The van der Waals surface area contributed by atoms with Crippen molar-refractivity contribution >= 4 is 10.9 Å². The standard InChI is InChI=1S/C15H11F6NO2/c1-7-4-11(23)22-3-2-8-5-9(6-10(7)12(8)22)13(24,14(16,17)18)15(19,20)21/h4-6,24H,2-3H2,1H3. The molecule has 1 aromatic heterocycles. The molecular formula is C15H11F6NO2. The summed E-state index contributed by atoms with van der Waals surface area (Å²) in [6.45, 7) is 1.60. The molecule has 0 saturated heterocycles. The summed E-state index contributed by atoms with van der Waals surface area (Å²) in [6.07, 6.45) is -11.8. The minimum absolute atomic E-state index is 0.0894. The summed E-state index contributed by atoms with van der Waals surface area (Å²) in [4.78, 5) is 11.9. The smallest absolute Gasteiger partial charge is 0.369 e. The lowest BCUT2D eigenvalue weighted by molar-refractivity contribution is -0.376. The number of benzene rings is 1. The van der Waals surface area contributed by atoms with Crippen molar-refractivity contribution in [1.82, 2.24) is 4.57 Å². The van der Waals surface area contributed by atoms with Crippen molar-refractivity contribution in [3.63, 3.8) is 0 Å². The largest absolute Gasteiger partial charge is 0.430 e. The number of hydrogen-bond acceptors (Lipinski definition) is 2. The van der Waals surface area contributed by atoms with Crippen molar-refractivity contribution in [1.29, 1.82) is 0 Å². The van der Waals surface area contributed by atoms with Gasteiger partial charge in [0.1, 0.15) is 0 Å². The number of aliphatic hydroxyl groups is 1. The molecular weight excluding hydrogens is 340 g/mol. The molecule has 1 N–H and O–H groups in total. The van der Waals surface area contributed by atoms with Gasteiger partial charge in [0, 0.05) is 23.6 Å². The maximum Gasteiger partial charge on any atom is 0.430 e. The van der Waals surface area contributed by atoms with Crippen LogP contribution in [0.2, 0.25) is 0 Å². The first kappa shape index (κ1) is 16.8. The second-order valence-electron chi connectivity index (χ2n) is 5.80. The van der Waals surface area contributed by atoms with E-state index in [0.29, 0.717) is 17.6 Å². The monoisotopic (exact) mass is 351 g/mol. The fourth-order valence-corrected chi connectivity index (χ4v) is 3.11. The number of halogens is 6. The second-order valence-corrected chi connectivity index (χ2v) is 5.80. The average Bonchev–Trinajstić information content (AvgIpc) is 2.85. The van der Waals surface area contributed by atoms with E-state index in [1.165, 1.54) is 11.5 Å². The summed E-state index contributed by atoms with van der Waals surface area (Å²) in [5, 5.41) is 9.67. The fraction of sp³-hybridized carbons (Fsp3) is 0.400. The Morgan fingerprint density at radius 1 is 1.04 bits per heavy atom. The number of alkyl halides is 6. The third-order valence-electron chi connectivity index (χ3n) is 4.33. The van der Waals surface area contributed by atoms with Crippen molar-refractivity contribution in [3.05, 3.63) is 45.2 Å². The molecule has 1 aliphatic heterocycles. The Balaban J connectivity index is 2.40. The van der Waals surface area contributed by atoms with Gasteiger partial charge in [-0.2, -0.15) is 26.3 Å². The van der Waals surface area contributed by atoms with Gasteiger partial charge in [0.25, 0.3) is 11.2 Å². The van der Waals surface area contributed by atoms with E-state index in [9.17, 15) is 36.2 Å². The van der Waals surface area contributed by atoms with E-state index in [2.05, 4.69) is 0 Å². The molecule has 0 unspecified atom stereocenters. The lowest BCUT2D eigenvalue weighted by Gasteiger charge is -2.33. The molecule has 24 heavy (non-hydrogen) atoms. The molecule has 9 heteroatoms. The zero-order chi connectivity index (χ0) is 18.1. The van der Waals surface area contributed by atoms with E-state index in [0.717, 1.165) is 6.07 Å². The minimum Gasteiger partial charge on any atom is -0.369 e. The molecule has 3 nitrogen and oxygen atoms in total. The van der Waals surface area contributed by atoms with Crippen LogP contribution >= 0.6 is 0 Å². The summed E-state index contributed by atoms with van der Waals surface area (Å²) < 4.78 is 79.8. The van der Waals surface area contributed by atoms with Crippen LogP contribution in [0.15, 0.2) is 23.0 Å². The first-order valence-corrected chi connectivity index (χ1v) is 6.91. The Morgan fingerprint density at radius 3 is 2.17 bits per heavy atom. The highest BCUT2D eigenvalue weighted by Gasteiger charge is 2.71. The van der Waals surface area contributed by atoms with Crippen molar-refractivity contribution in [2.45, 2.75) is 37.8 Å². The van der Waals surface area contributed by atoms with E-state index in [-0.39, 0.29) is 35.0 Å². The molecule has 1 aliphatic rings. The average molecular weight is 351 g/mol. The molecule has 0 bridgehead atoms. The molecule has 0 atom stereocenters. The summed E-state index contributed by atoms with van der Waals surface area (Å²) >= 11 is 0. The van der Waals surface area contributed by atoms with Crippen LogP contribution in [0.5, 0.6) is 0 Å². The number of hydrogen-bond donors (Lipinski definition) is 1. The molecule has 3 rings (SSSR count). The quantitative estimate of drug-likeness (QED) is 0.802. The van der Waals surface area contributed by atoms with Crippen molar-refractivity contribution in [3.8, 4) is 0 Å². The Labute approximate surface area is 131 Å². The van der Waals surface area contributed by atoms with Crippen molar-refractivity contribution in [2.75, 3.05) is 0 Å². The normalized spacial score (nSPS) is 15.3. The molecule has 0 aliphatic carbocycles. The van der Waals surface area contributed by atoms with Gasteiger partial charge in [-0.05, 0) is 30.5 Å². The Kier molecular flexibility index (Phi) is 3.33. The van der Waals surface area contributed by atoms with Gasteiger partial charge in [-0.1, -0.05) is 6.07 Å². The van der Waals surface area contributed by atoms with Gasteiger partial charge in [-0.15, -0.1) is 0 Å². The Hall–Kier alpha value is -2.03. The van der Waals surface area contributed by atoms with Gasteiger partial charge in [0.05, 0.1) is 5.52 Å². The van der Waals surface area contributed by atoms with Gasteiger partial charge in [-0.25, -0.2) is 0 Å². The molecule has 0 fully saturated rings. The van der Waals surface area contributed by atoms with Crippen LogP contribution in [0, 0.1) is 6.92 Å². The Morgan fingerprint density at radius 2 is 1.62 bits per heavy atom. The highest BCUT2D eigenvalue weighted by molar-refractivity contribution is 5.87. The highest BCUT2D eigenvalue weighted by Crippen LogP contribution is 2.51. The maximum atomic E-state index is 13.1. The first-order valence-electron chi connectivity index (χ1n) is 6.91. The minimum atomic E-state index is -5.94. The van der Waals surface area contributed by atoms with E-state index in [1.807, 2.05) is 0 Å². The predicted octanol–water partition coefficient (Wildman–Crippen LogP) is 3.18. The predicted molar refractivity (Wildman–Crippen MR) is 72.7 cm³/mol. The van der Waals surface area contributed by atoms with Crippen molar-refractivity contribution < 1.29 is 31.4 Å². The summed E-state index contributed by atoms with van der Waals surface area (Å²) in [6, 6.07) is 2.50. The van der Waals surface area contributed by atoms with Crippen LogP contribution < -0.4 is 5.56 Å². The second kappa shape index (κ2) is 4.75. The third kappa shape index (κ3) is 2.07. The number of aryl methyl sites for hydroxylation is 3. The van der Waals surface area contributed by atoms with Gasteiger partial charge >= 0.3 is 12.4 Å². The van der Waals surface area contributed by atoms with Gasteiger partial charge < -0.3 is 9.67 Å². The van der Waals surface area contributed by atoms with E-state index < -0.39 is 23.5 Å². The molecule has 130 valence electrons. The number of nitrogens with zero attached hydrogens (tertiary/aromatic N) is 1. The first-order chi connectivity index (χ1) is 10.9. The lowest BCUT2D eigenvalue weighted by atomic mass is 9.88. The van der Waals surface area contributed by atoms with Gasteiger partial charge in [-0.3, -0.25) is 4.79 Å². The van der Waals surface area contributed by atoms with Crippen LogP contribution in [-0.2, 0) is 18.6 Å². The van der Waals surface area contributed by atoms with E-state index in [4.69, 9.17) is 0 Å². The van der Waals surface area contributed by atoms with E-state index in [1.54, 1.807) is 0 Å². The number of pyridine rings is 1. The molecule has 0 spiro atoms. The molecule has 0 amide bonds. The number of rotatable bonds is 1. The lowest BCUT2D eigenvalue weighted by Crippen LogP contribution is -2.54. The summed E-state index contributed by atoms with van der Waals surface area (Å²) in [5.41, 5.74) is -5.89. The molecule has 2 heterocycles. The maximum absolute atomic E-state index is 13.1. The van der Waals surface area contributed by atoms with Gasteiger partial charge in [0.15, 0.2) is 0 Å². The van der Waals surface area contributed by atoms with Crippen molar-refractivity contribution in [2.24, 2.45) is 0 Å². The van der Waals surface area contributed by atoms with Crippen LogP contribution in [0.4, 0.5) is 26.3 Å². The summed E-state index contributed by atoms with van der Waals surface area (Å²) in [5.74, 6) is 0. The zero-order valence-corrected chi connectivity index (χ0v) is 12.2. The molecule has 0 radical (unpaired) electrons. The summed E-state index contributed by atoms with van der Waals surface area (Å²) in [7, 11) is 0. The van der Waals surface area contributed by atoms with Crippen LogP contribution in [0.3, 0.4) is 0 Å². The SMILES string of the molecule is Cc1cc(=O)n2c3c(cc(C(O)(C(F)(F)F)C(F)(F)F)cc13)CC2. The zero-order valence-electron chi connectivity index (χ0n) is 12.2. The van der Waals surface area contributed by atoms with E-state index >= 15 is 0 Å². The fourth-order valence-electron chi connectivity index (χ4n) is 3.11. The number of aromatic nitrogens is 1.